The molecule has 0 saturated heterocycles. The van der Waals surface area contributed by atoms with Crippen molar-refractivity contribution in [2.24, 2.45) is 29.6 Å². The van der Waals surface area contributed by atoms with Crippen LogP contribution in [0.25, 0.3) is 0 Å². The van der Waals surface area contributed by atoms with Gasteiger partial charge in [-0.05, 0) is 35.2 Å². The summed E-state index contributed by atoms with van der Waals surface area (Å²) >= 11 is 0. The highest BCUT2D eigenvalue weighted by atomic mass is 16.5. The topological polar surface area (TPSA) is 9.23 Å². The zero-order valence-corrected chi connectivity index (χ0v) is 13.0. The van der Waals surface area contributed by atoms with Crippen molar-refractivity contribution in [2.45, 2.75) is 47.3 Å². The van der Waals surface area contributed by atoms with Crippen molar-refractivity contribution < 1.29 is 4.74 Å². The van der Waals surface area contributed by atoms with Crippen LogP contribution in [-0.4, -0.2) is 6.10 Å². The minimum atomic E-state index is 0.390. The first kappa shape index (κ1) is 14.6. The van der Waals surface area contributed by atoms with Gasteiger partial charge in [0.1, 0.15) is 0 Å². The quantitative estimate of drug-likeness (QED) is 0.761. The second-order valence-electron chi connectivity index (χ2n) is 6.56. The van der Waals surface area contributed by atoms with Crippen LogP contribution in [0, 0.1) is 29.6 Å². The van der Waals surface area contributed by atoms with Crippen LogP contribution in [0.4, 0.5) is 0 Å². The fraction of sp³-hybridized carbons (Fsp3) is 0.667. The fourth-order valence-electron chi connectivity index (χ4n) is 3.58. The van der Waals surface area contributed by atoms with Gasteiger partial charge in [0.05, 0.1) is 12.7 Å². The number of hydrogen-bond acceptors (Lipinski definition) is 1. The highest BCUT2D eigenvalue weighted by molar-refractivity contribution is 5.13. The molecule has 19 heavy (non-hydrogen) atoms. The monoisotopic (exact) mass is 260 g/mol. The van der Waals surface area contributed by atoms with Gasteiger partial charge in [0, 0.05) is 0 Å². The maximum absolute atomic E-state index is 6.28. The Labute approximate surface area is 118 Å². The Hall–Kier alpha value is -0.820. The molecule has 1 aromatic rings. The average molecular weight is 260 g/mol. The van der Waals surface area contributed by atoms with Gasteiger partial charge < -0.3 is 4.74 Å². The van der Waals surface area contributed by atoms with E-state index in [1.54, 1.807) is 0 Å². The summed E-state index contributed by atoms with van der Waals surface area (Å²) in [6, 6.07) is 10.5. The summed E-state index contributed by atoms with van der Waals surface area (Å²) in [5.41, 5.74) is 1.28. The maximum atomic E-state index is 6.28. The Morgan fingerprint density at radius 2 is 1.21 bits per heavy atom. The molecule has 0 aromatic heterocycles. The predicted molar refractivity (Wildman–Crippen MR) is 80.8 cm³/mol. The van der Waals surface area contributed by atoms with Gasteiger partial charge in [-0.3, -0.25) is 0 Å². The highest BCUT2D eigenvalue weighted by Gasteiger charge is 2.41. The van der Waals surface area contributed by atoms with Crippen molar-refractivity contribution in [2.75, 3.05) is 0 Å². The van der Waals surface area contributed by atoms with Crippen LogP contribution in [0.5, 0.6) is 0 Å². The number of ether oxygens (including phenoxy) is 1. The van der Waals surface area contributed by atoms with E-state index in [9.17, 15) is 0 Å². The van der Waals surface area contributed by atoms with Crippen LogP contribution in [0.1, 0.15) is 40.2 Å². The molecule has 1 aliphatic rings. The van der Waals surface area contributed by atoms with Gasteiger partial charge >= 0.3 is 0 Å². The normalized spacial score (nSPS) is 39.2. The van der Waals surface area contributed by atoms with Gasteiger partial charge in [0.2, 0.25) is 0 Å². The zero-order valence-electron chi connectivity index (χ0n) is 13.0. The van der Waals surface area contributed by atoms with Gasteiger partial charge in [-0.1, -0.05) is 65.0 Å². The molecule has 1 saturated carbocycles. The van der Waals surface area contributed by atoms with Gasteiger partial charge in [-0.2, -0.15) is 0 Å². The molecule has 1 aromatic carbocycles. The summed E-state index contributed by atoms with van der Waals surface area (Å²) in [4.78, 5) is 0. The first-order chi connectivity index (χ1) is 9.02. The lowest BCUT2D eigenvalue weighted by Crippen LogP contribution is -2.45. The van der Waals surface area contributed by atoms with E-state index in [2.05, 4.69) is 65.0 Å². The Morgan fingerprint density at radius 3 is 1.74 bits per heavy atom. The van der Waals surface area contributed by atoms with Crippen molar-refractivity contribution in [3.05, 3.63) is 35.9 Å². The smallest absolute Gasteiger partial charge is 0.0720 e. The fourth-order valence-corrected chi connectivity index (χ4v) is 3.58. The molecule has 0 spiro atoms. The molecule has 0 N–H and O–H groups in total. The van der Waals surface area contributed by atoms with E-state index >= 15 is 0 Å². The van der Waals surface area contributed by atoms with Crippen LogP contribution >= 0.6 is 0 Å². The van der Waals surface area contributed by atoms with Crippen molar-refractivity contribution in [1.82, 2.24) is 0 Å². The summed E-state index contributed by atoms with van der Waals surface area (Å²) in [5.74, 6) is 3.57. The molecular formula is C18H28O. The molecule has 1 heteroatoms. The Kier molecular flexibility index (Phi) is 4.67. The van der Waals surface area contributed by atoms with Crippen molar-refractivity contribution >= 4 is 0 Å². The largest absolute Gasteiger partial charge is 0.373 e. The molecule has 0 aliphatic heterocycles. The SMILES string of the molecule is CC1C(OCc2ccccc2)[C@H](C)[C@H](C)C(C)[C@@H]1C. The Morgan fingerprint density at radius 1 is 0.737 bits per heavy atom. The van der Waals surface area contributed by atoms with Gasteiger partial charge in [0.15, 0.2) is 0 Å². The minimum absolute atomic E-state index is 0.390. The summed E-state index contributed by atoms with van der Waals surface area (Å²) in [5, 5.41) is 0. The standard InChI is InChI=1S/C18H28O/c1-12-13(2)15(4)18(16(5)14(12)3)19-11-17-9-7-6-8-10-17/h6-10,12-16,18H,11H2,1-5H3/t12?,13-,14+,15-,16?,18?/m1/s1. The van der Waals surface area contributed by atoms with E-state index in [4.69, 9.17) is 4.74 Å². The van der Waals surface area contributed by atoms with E-state index in [0.717, 1.165) is 24.4 Å². The van der Waals surface area contributed by atoms with Crippen molar-refractivity contribution in [1.29, 1.82) is 0 Å². The first-order valence-corrected chi connectivity index (χ1v) is 7.68. The van der Waals surface area contributed by atoms with Crippen molar-refractivity contribution in [3.63, 3.8) is 0 Å². The second-order valence-corrected chi connectivity index (χ2v) is 6.56. The molecule has 0 bridgehead atoms. The van der Waals surface area contributed by atoms with Gasteiger partial charge in [-0.15, -0.1) is 0 Å². The summed E-state index contributed by atoms with van der Waals surface area (Å²) < 4.78 is 6.28. The molecule has 106 valence electrons. The molecule has 0 radical (unpaired) electrons. The predicted octanol–water partition coefficient (Wildman–Crippen LogP) is 4.77. The first-order valence-electron chi connectivity index (χ1n) is 7.68. The van der Waals surface area contributed by atoms with Crippen LogP contribution < -0.4 is 0 Å². The third-order valence-electron chi connectivity index (χ3n) is 5.64. The molecule has 0 amide bonds. The molecule has 1 nitrogen and oxygen atoms in total. The minimum Gasteiger partial charge on any atom is -0.373 e. The van der Waals surface area contributed by atoms with Crippen LogP contribution in [0.15, 0.2) is 30.3 Å². The van der Waals surface area contributed by atoms with E-state index in [0.29, 0.717) is 17.9 Å². The highest BCUT2D eigenvalue weighted by Crippen LogP contribution is 2.43. The maximum Gasteiger partial charge on any atom is 0.0720 e. The van der Waals surface area contributed by atoms with Crippen LogP contribution in [-0.2, 0) is 11.3 Å². The summed E-state index contributed by atoms with van der Waals surface area (Å²) in [6.45, 7) is 12.6. The van der Waals surface area contributed by atoms with E-state index in [-0.39, 0.29) is 0 Å². The lowest BCUT2D eigenvalue weighted by atomic mass is 9.63. The molecule has 3 unspecified atom stereocenters. The van der Waals surface area contributed by atoms with E-state index < -0.39 is 0 Å². The van der Waals surface area contributed by atoms with Crippen molar-refractivity contribution in [3.8, 4) is 0 Å². The van der Waals surface area contributed by atoms with E-state index in [1.165, 1.54) is 5.56 Å². The van der Waals surface area contributed by atoms with Gasteiger partial charge in [0.25, 0.3) is 0 Å². The summed E-state index contributed by atoms with van der Waals surface area (Å²) in [7, 11) is 0. The third-order valence-corrected chi connectivity index (χ3v) is 5.64. The zero-order chi connectivity index (χ0) is 14.0. The lowest BCUT2D eigenvalue weighted by molar-refractivity contribution is -0.102. The number of rotatable bonds is 3. The summed E-state index contributed by atoms with van der Waals surface area (Å²) in [6.07, 6.45) is 0.390. The Balaban J connectivity index is 2.02. The molecule has 1 fully saturated rings. The lowest BCUT2D eigenvalue weighted by Gasteiger charge is -2.46. The average Bonchev–Trinajstić information content (AvgIpc) is 2.44. The van der Waals surface area contributed by atoms with Crippen LogP contribution in [0.3, 0.4) is 0 Å². The number of hydrogen-bond donors (Lipinski definition) is 0. The Bertz CT molecular complexity index is 370. The molecular weight excluding hydrogens is 232 g/mol. The van der Waals surface area contributed by atoms with E-state index in [1.807, 2.05) is 0 Å². The van der Waals surface area contributed by atoms with Gasteiger partial charge in [-0.25, -0.2) is 0 Å². The molecule has 1 aliphatic carbocycles. The second kappa shape index (κ2) is 6.09. The number of benzene rings is 1. The third kappa shape index (κ3) is 3.02. The van der Waals surface area contributed by atoms with Crippen LogP contribution in [0.2, 0.25) is 0 Å². The molecule has 6 atom stereocenters. The molecule has 0 heterocycles. The molecule has 2 rings (SSSR count).